The maximum absolute atomic E-state index is 14.2. The van der Waals surface area contributed by atoms with Gasteiger partial charge in [0.25, 0.3) is 0 Å². The van der Waals surface area contributed by atoms with Gasteiger partial charge in [-0.05, 0) is 11.6 Å². The first-order valence-electron chi connectivity index (χ1n) is 7.45. The van der Waals surface area contributed by atoms with Gasteiger partial charge >= 0.3 is 5.97 Å². The molecule has 1 atom stereocenters. The molecule has 4 rings (SSSR count). The van der Waals surface area contributed by atoms with Crippen LogP contribution < -0.4 is 0 Å². The summed E-state index contributed by atoms with van der Waals surface area (Å²) in [5, 5.41) is 0. The van der Waals surface area contributed by atoms with E-state index >= 15 is 0 Å². The largest absolute Gasteiger partial charge is 0.422 e. The lowest BCUT2D eigenvalue weighted by atomic mass is 9.77. The van der Waals surface area contributed by atoms with E-state index in [2.05, 4.69) is 0 Å². The van der Waals surface area contributed by atoms with E-state index in [0.717, 1.165) is 0 Å². The van der Waals surface area contributed by atoms with Crippen LogP contribution in [-0.4, -0.2) is 17.5 Å². The minimum atomic E-state index is -0.827. The second-order valence-corrected chi connectivity index (χ2v) is 5.70. The number of benzene rings is 2. The summed E-state index contributed by atoms with van der Waals surface area (Å²) >= 11 is 0. The molecule has 1 unspecified atom stereocenters. The lowest BCUT2D eigenvalue weighted by molar-refractivity contribution is -0.140. The van der Waals surface area contributed by atoms with Gasteiger partial charge < -0.3 is 4.74 Å². The van der Waals surface area contributed by atoms with Crippen LogP contribution in [0.25, 0.3) is 0 Å². The van der Waals surface area contributed by atoms with Gasteiger partial charge in [0.1, 0.15) is 5.82 Å². The number of halogens is 1. The summed E-state index contributed by atoms with van der Waals surface area (Å²) in [6.07, 6.45) is -0.180. The average molecular weight is 322 g/mol. The number of rotatable bonds is 1. The Balaban J connectivity index is 1.94. The fourth-order valence-corrected chi connectivity index (χ4v) is 3.24. The molecule has 1 aliphatic heterocycles. The molecule has 0 fully saturated rings. The lowest BCUT2D eigenvalue weighted by Gasteiger charge is -2.30. The Labute approximate surface area is 136 Å². The first-order valence-corrected chi connectivity index (χ1v) is 7.45. The molecule has 0 radical (unpaired) electrons. The fourth-order valence-electron chi connectivity index (χ4n) is 3.24. The molecule has 0 spiro atoms. The number of esters is 1. The number of carbonyl (C=O) groups is 3. The van der Waals surface area contributed by atoms with Crippen molar-refractivity contribution in [1.82, 2.24) is 0 Å². The summed E-state index contributed by atoms with van der Waals surface area (Å²) in [6, 6.07) is 12.3. The number of ketones is 2. The van der Waals surface area contributed by atoms with Gasteiger partial charge in [0, 0.05) is 17.0 Å². The van der Waals surface area contributed by atoms with Crippen molar-refractivity contribution >= 4 is 17.5 Å². The highest BCUT2D eigenvalue weighted by Gasteiger charge is 2.43. The normalized spacial score (nSPS) is 19.7. The van der Waals surface area contributed by atoms with Crippen molar-refractivity contribution < 1.29 is 23.5 Å². The van der Waals surface area contributed by atoms with Gasteiger partial charge in [-0.15, -0.1) is 0 Å². The topological polar surface area (TPSA) is 60.4 Å². The molecule has 1 heterocycles. The Morgan fingerprint density at radius 1 is 0.875 bits per heavy atom. The standard InChI is InChI=1S/C19H11FO4/c20-14-8-4-3-5-10(14)13-9-15(21)24-19-16(13)17(22)11-6-1-2-7-12(11)18(19)23/h1-8,13H,9H2. The van der Waals surface area contributed by atoms with E-state index in [1.165, 1.54) is 24.3 Å². The lowest BCUT2D eigenvalue weighted by Crippen LogP contribution is -2.33. The summed E-state index contributed by atoms with van der Waals surface area (Å²) in [5.74, 6) is -3.20. The Morgan fingerprint density at radius 3 is 2.21 bits per heavy atom. The molecule has 4 nitrogen and oxygen atoms in total. The van der Waals surface area contributed by atoms with Crippen molar-refractivity contribution in [3.63, 3.8) is 0 Å². The van der Waals surface area contributed by atoms with Crippen LogP contribution in [0.3, 0.4) is 0 Å². The Kier molecular flexibility index (Phi) is 3.16. The number of hydrogen-bond donors (Lipinski definition) is 0. The predicted molar refractivity (Wildman–Crippen MR) is 82.0 cm³/mol. The van der Waals surface area contributed by atoms with Crippen molar-refractivity contribution in [2.45, 2.75) is 12.3 Å². The van der Waals surface area contributed by atoms with E-state index in [0.29, 0.717) is 0 Å². The molecule has 24 heavy (non-hydrogen) atoms. The third-order valence-corrected chi connectivity index (χ3v) is 4.33. The van der Waals surface area contributed by atoms with Crippen LogP contribution in [0.1, 0.15) is 38.6 Å². The molecule has 0 saturated heterocycles. The molecule has 0 saturated carbocycles. The van der Waals surface area contributed by atoms with Crippen LogP contribution in [0, 0.1) is 5.82 Å². The minimum absolute atomic E-state index is 0.0587. The van der Waals surface area contributed by atoms with Gasteiger partial charge in [0.2, 0.25) is 5.78 Å². The molecule has 0 N–H and O–H groups in total. The van der Waals surface area contributed by atoms with E-state index in [9.17, 15) is 18.8 Å². The highest BCUT2D eigenvalue weighted by molar-refractivity contribution is 6.27. The van der Waals surface area contributed by atoms with E-state index in [1.54, 1.807) is 24.3 Å². The minimum Gasteiger partial charge on any atom is -0.422 e. The smallest absolute Gasteiger partial charge is 0.312 e. The van der Waals surface area contributed by atoms with Gasteiger partial charge in [-0.1, -0.05) is 42.5 Å². The highest BCUT2D eigenvalue weighted by Crippen LogP contribution is 2.41. The number of carbonyl (C=O) groups excluding carboxylic acids is 3. The van der Waals surface area contributed by atoms with Crippen molar-refractivity contribution in [3.05, 3.63) is 82.4 Å². The molecule has 0 aromatic heterocycles. The van der Waals surface area contributed by atoms with Crippen LogP contribution >= 0.6 is 0 Å². The van der Waals surface area contributed by atoms with Gasteiger partial charge in [-0.3, -0.25) is 14.4 Å². The zero-order valence-corrected chi connectivity index (χ0v) is 12.4. The van der Waals surface area contributed by atoms with Crippen molar-refractivity contribution in [2.75, 3.05) is 0 Å². The van der Waals surface area contributed by atoms with Crippen LogP contribution in [0.15, 0.2) is 59.9 Å². The average Bonchev–Trinajstić information content (AvgIpc) is 2.59. The molecule has 2 aromatic rings. The molecular formula is C19H11FO4. The van der Waals surface area contributed by atoms with Gasteiger partial charge in [0.05, 0.1) is 12.0 Å². The van der Waals surface area contributed by atoms with E-state index < -0.39 is 29.3 Å². The van der Waals surface area contributed by atoms with Crippen LogP contribution in [0.4, 0.5) is 4.39 Å². The molecule has 2 aliphatic rings. The van der Waals surface area contributed by atoms with Gasteiger partial charge in [-0.25, -0.2) is 4.39 Å². The van der Waals surface area contributed by atoms with Gasteiger partial charge in [0.15, 0.2) is 11.5 Å². The third-order valence-electron chi connectivity index (χ3n) is 4.33. The van der Waals surface area contributed by atoms with Crippen LogP contribution in [-0.2, 0) is 9.53 Å². The molecule has 118 valence electrons. The summed E-state index contributed by atoms with van der Waals surface area (Å²) in [6.45, 7) is 0. The number of hydrogen-bond acceptors (Lipinski definition) is 4. The Morgan fingerprint density at radius 2 is 1.50 bits per heavy atom. The third kappa shape index (κ3) is 2.01. The summed E-state index contributed by atoms with van der Waals surface area (Å²) < 4.78 is 19.3. The Hall–Kier alpha value is -3.08. The monoisotopic (exact) mass is 322 g/mol. The number of fused-ring (bicyclic) bond motifs is 1. The number of ether oxygens (including phenoxy) is 1. The van der Waals surface area contributed by atoms with Crippen LogP contribution in [0.2, 0.25) is 0 Å². The quantitative estimate of drug-likeness (QED) is 0.757. The Bertz CT molecular complexity index is 942. The van der Waals surface area contributed by atoms with E-state index in [1.807, 2.05) is 0 Å². The molecule has 0 amide bonds. The maximum atomic E-state index is 14.2. The zero-order valence-electron chi connectivity index (χ0n) is 12.4. The van der Waals surface area contributed by atoms with Crippen molar-refractivity contribution in [1.29, 1.82) is 0 Å². The summed E-state index contributed by atoms with van der Waals surface area (Å²) in [5.41, 5.74) is 0.717. The van der Waals surface area contributed by atoms with E-state index in [-0.39, 0.29) is 34.4 Å². The van der Waals surface area contributed by atoms with E-state index in [4.69, 9.17) is 4.74 Å². The molecule has 5 heteroatoms. The first kappa shape index (κ1) is 14.5. The second kappa shape index (κ2) is 5.23. The fraction of sp³-hybridized carbons (Fsp3) is 0.105. The summed E-state index contributed by atoms with van der Waals surface area (Å²) in [4.78, 5) is 37.4. The van der Waals surface area contributed by atoms with Crippen molar-refractivity contribution in [3.8, 4) is 0 Å². The summed E-state index contributed by atoms with van der Waals surface area (Å²) in [7, 11) is 0. The SMILES string of the molecule is O=C1CC(c2ccccc2F)C2=C(O1)C(=O)c1ccccc1C2=O. The molecular weight excluding hydrogens is 311 g/mol. The van der Waals surface area contributed by atoms with Crippen molar-refractivity contribution in [2.24, 2.45) is 0 Å². The first-order chi connectivity index (χ1) is 11.6. The molecule has 0 bridgehead atoms. The zero-order chi connectivity index (χ0) is 16.8. The number of Topliss-reactive ketones (excluding diaryl/α,β-unsaturated/α-hetero) is 2. The number of allylic oxidation sites excluding steroid dienone is 2. The van der Waals surface area contributed by atoms with Crippen LogP contribution in [0.5, 0.6) is 0 Å². The maximum Gasteiger partial charge on any atom is 0.312 e. The van der Waals surface area contributed by atoms with Gasteiger partial charge in [-0.2, -0.15) is 0 Å². The predicted octanol–water partition coefficient (Wildman–Crippen LogP) is 3.19. The second-order valence-electron chi connectivity index (χ2n) is 5.70. The molecule has 1 aliphatic carbocycles. The highest BCUT2D eigenvalue weighted by atomic mass is 19.1. The molecule has 2 aromatic carbocycles.